The summed E-state index contributed by atoms with van der Waals surface area (Å²) in [6.07, 6.45) is 0.275. The highest BCUT2D eigenvalue weighted by Gasteiger charge is 2.01. The Bertz CT molecular complexity index is 432. The third-order valence-corrected chi connectivity index (χ3v) is 3.46. The maximum Gasteiger partial charge on any atom is 0.271 e. The van der Waals surface area contributed by atoms with Gasteiger partial charge in [0.1, 0.15) is 6.61 Å². The number of amides is 2. The van der Waals surface area contributed by atoms with Gasteiger partial charge >= 0.3 is 0 Å². The summed E-state index contributed by atoms with van der Waals surface area (Å²) >= 11 is 0. The number of hydrogen-bond acceptors (Lipinski definition) is 11. The monoisotopic (exact) mass is 469 g/mol. The van der Waals surface area contributed by atoms with Gasteiger partial charge in [-0.25, -0.2) is 11.4 Å². The van der Waals surface area contributed by atoms with Gasteiger partial charge in [0.15, 0.2) is 0 Å². The van der Waals surface area contributed by atoms with Gasteiger partial charge in [0.25, 0.3) is 5.91 Å². The molecule has 32 heavy (non-hydrogen) atoms. The molecule has 0 saturated heterocycles. The second kappa shape index (κ2) is 25.8. The zero-order chi connectivity index (χ0) is 23.5. The molecule has 0 aliphatic carbocycles. The van der Waals surface area contributed by atoms with E-state index in [0.29, 0.717) is 85.8 Å². The molecule has 4 N–H and O–H groups in total. The first kappa shape index (κ1) is 30.6. The molecule has 13 nitrogen and oxygen atoms in total. The number of hydroxylamine groups is 1. The van der Waals surface area contributed by atoms with Crippen LogP contribution < -0.4 is 16.7 Å². The number of rotatable bonds is 25. The summed E-state index contributed by atoms with van der Waals surface area (Å²) in [6, 6.07) is 0. The number of carbonyl (C=O) groups is 2. The van der Waals surface area contributed by atoms with Crippen LogP contribution in [0.5, 0.6) is 0 Å². The molecule has 0 aliphatic heterocycles. The van der Waals surface area contributed by atoms with Crippen molar-refractivity contribution in [1.82, 2.24) is 10.8 Å². The van der Waals surface area contributed by atoms with Gasteiger partial charge in [-0.3, -0.25) is 19.3 Å². The van der Waals surface area contributed by atoms with Crippen LogP contribution in [-0.4, -0.2) is 111 Å². The third kappa shape index (κ3) is 24.8. The minimum atomic E-state index is -0.479. The lowest BCUT2D eigenvalue weighted by Gasteiger charge is -2.08. The Kier molecular flexibility index (Phi) is 24.7. The molecule has 0 aliphatic rings. The van der Waals surface area contributed by atoms with Crippen LogP contribution in [0.1, 0.15) is 13.3 Å². The molecule has 13 heteroatoms. The van der Waals surface area contributed by atoms with E-state index in [0.717, 1.165) is 0 Å². The zero-order valence-electron chi connectivity index (χ0n) is 19.0. The zero-order valence-corrected chi connectivity index (χ0v) is 19.0. The number of ether oxygens (including phenoxy) is 6. The number of nitrogens with one attached hydrogen (secondary N) is 2. The van der Waals surface area contributed by atoms with E-state index in [1.54, 1.807) is 0 Å². The van der Waals surface area contributed by atoms with Crippen LogP contribution in [0.2, 0.25) is 0 Å². The Balaban J connectivity index is 3.18. The average Bonchev–Trinajstić information content (AvgIpc) is 2.78. The van der Waals surface area contributed by atoms with Gasteiger partial charge in [-0.15, -0.1) is 0 Å². The standard InChI is InChI=1S/C19H39N3O10/c1-2-25-7-8-28-12-10-27-6-4-21-18(23)3-5-26-9-11-29-13-14-30-15-16-32-22-19(24)17-31-20/h2-17,20H2,1H3,(H,21,23)(H,22,24). The van der Waals surface area contributed by atoms with Gasteiger partial charge in [-0.2, -0.15) is 0 Å². The Hall–Kier alpha value is -1.42. The first-order valence-corrected chi connectivity index (χ1v) is 10.7. The number of nitrogens with two attached hydrogens (primary N) is 1. The molecule has 0 unspecified atom stereocenters. The molecule has 0 saturated carbocycles. The molecular formula is C19H39N3O10. The van der Waals surface area contributed by atoms with Gasteiger partial charge in [0.2, 0.25) is 5.91 Å². The summed E-state index contributed by atoms with van der Waals surface area (Å²) in [5.74, 6) is 4.16. The quantitative estimate of drug-likeness (QED) is 0.106. The second-order valence-corrected chi connectivity index (χ2v) is 6.04. The highest BCUT2D eigenvalue weighted by Crippen LogP contribution is 1.86. The Morgan fingerprint density at radius 3 is 1.72 bits per heavy atom. The SMILES string of the molecule is CCOCCOCCOCCNC(=O)CCOCCOCCOCCONC(=O)CON. The highest BCUT2D eigenvalue weighted by atomic mass is 16.7. The summed E-state index contributed by atoms with van der Waals surface area (Å²) < 4.78 is 31.7. The van der Waals surface area contributed by atoms with Crippen LogP contribution in [-0.2, 0) is 47.7 Å². The van der Waals surface area contributed by atoms with Gasteiger partial charge in [-0.1, -0.05) is 0 Å². The minimum absolute atomic E-state index is 0.0927. The van der Waals surface area contributed by atoms with Crippen molar-refractivity contribution in [2.45, 2.75) is 13.3 Å². The normalized spacial score (nSPS) is 10.9. The molecule has 0 aromatic heterocycles. The molecular weight excluding hydrogens is 430 g/mol. The molecule has 0 radical (unpaired) electrons. The molecule has 0 atom stereocenters. The van der Waals surface area contributed by atoms with Gasteiger partial charge in [0, 0.05) is 19.6 Å². The maximum absolute atomic E-state index is 11.7. The first-order chi connectivity index (χ1) is 15.7. The van der Waals surface area contributed by atoms with E-state index >= 15 is 0 Å². The van der Waals surface area contributed by atoms with Crippen molar-refractivity contribution in [3.05, 3.63) is 0 Å². The first-order valence-electron chi connectivity index (χ1n) is 10.7. The predicted molar refractivity (Wildman–Crippen MR) is 112 cm³/mol. The van der Waals surface area contributed by atoms with Crippen molar-refractivity contribution < 1.29 is 47.7 Å². The van der Waals surface area contributed by atoms with Crippen LogP contribution in [0.25, 0.3) is 0 Å². The van der Waals surface area contributed by atoms with E-state index < -0.39 is 5.91 Å². The summed E-state index contributed by atoms with van der Waals surface area (Å²) in [5, 5.41) is 2.76. The van der Waals surface area contributed by atoms with Crippen molar-refractivity contribution in [3.63, 3.8) is 0 Å². The molecule has 0 rings (SSSR count). The summed E-state index contributed by atoms with van der Waals surface area (Å²) in [5.41, 5.74) is 2.14. The van der Waals surface area contributed by atoms with E-state index in [9.17, 15) is 9.59 Å². The van der Waals surface area contributed by atoms with Crippen LogP contribution >= 0.6 is 0 Å². The Labute approximate surface area is 189 Å². The summed E-state index contributed by atoms with van der Waals surface area (Å²) in [6.45, 7) is 7.72. The Morgan fingerprint density at radius 2 is 1.16 bits per heavy atom. The van der Waals surface area contributed by atoms with Crippen molar-refractivity contribution in [1.29, 1.82) is 0 Å². The van der Waals surface area contributed by atoms with Crippen molar-refractivity contribution in [2.24, 2.45) is 5.90 Å². The summed E-state index contributed by atoms with van der Waals surface area (Å²) in [7, 11) is 0. The van der Waals surface area contributed by atoms with Crippen LogP contribution in [0, 0.1) is 0 Å². The lowest BCUT2D eigenvalue weighted by Crippen LogP contribution is -2.30. The van der Waals surface area contributed by atoms with Crippen molar-refractivity contribution in [3.8, 4) is 0 Å². The molecule has 190 valence electrons. The lowest BCUT2D eigenvalue weighted by atomic mass is 10.4. The van der Waals surface area contributed by atoms with E-state index in [1.807, 2.05) is 6.92 Å². The predicted octanol–water partition coefficient (Wildman–Crippen LogP) is -1.45. The molecule has 0 aromatic carbocycles. The average molecular weight is 470 g/mol. The Morgan fingerprint density at radius 1 is 0.656 bits per heavy atom. The minimum Gasteiger partial charge on any atom is -0.379 e. The molecule has 2 amide bonds. The molecule has 0 fully saturated rings. The van der Waals surface area contributed by atoms with Crippen molar-refractivity contribution >= 4 is 11.8 Å². The van der Waals surface area contributed by atoms with Crippen molar-refractivity contribution in [2.75, 3.05) is 99.0 Å². The fraction of sp³-hybridized carbons (Fsp3) is 0.895. The molecule has 0 aromatic rings. The summed E-state index contributed by atoms with van der Waals surface area (Å²) in [4.78, 5) is 31.6. The molecule has 0 bridgehead atoms. The lowest BCUT2D eigenvalue weighted by molar-refractivity contribution is -0.139. The highest BCUT2D eigenvalue weighted by molar-refractivity contribution is 5.76. The van der Waals surface area contributed by atoms with Gasteiger partial charge < -0.3 is 33.7 Å². The second-order valence-electron chi connectivity index (χ2n) is 6.04. The molecule has 0 spiro atoms. The van der Waals surface area contributed by atoms with Gasteiger partial charge in [-0.05, 0) is 6.92 Å². The largest absolute Gasteiger partial charge is 0.379 e. The number of carbonyl (C=O) groups excluding carboxylic acids is 2. The molecule has 0 heterocycles. The third-order valence-electron chi connectivity index (χ3n) is 3.46. The fourth-order valence-corrected chi connectivity index (χ4v) is 1.98. The van der Waals surface area contributed by atoms with E-state index in [-0.39, 0.29) is 25.5 Å². The van der Waals surface area contributed by atoms with Gasteiger partial charge in [0.05, 0.1) is 79.3 Å². The smallest absolute Gasteiger partial charge is 0.271 e. The van der Waals surface area contributed by atoms with Crippen LogP contribution in [0.15, 0.2) is 0 Å². The van der Waals surface area contributed by atoms with E-state index in [4.69, 9.17) is 39.2 Å². The fourth-order valence-electron chi connectivity index (χ4n) is 1.98. The van der Waals surface area contributed by atoms with E-state index in [1.165, 1.54) is 0 Å². The number of hydrogen-bond donors (Lipinski definition) is 3. The van der Waals surface area contributed by atoms with Crippen LogP contribution in [0.4, 0.5) is 0 Å². The van der Waals surface area contributed by atoms with Crippen LogP contribution in [0.3, 0.4) is 0 Å². The maximum atomic E-state index is 11.7. The van der Waals surface area contributed by atoms with E-state index in [2.05, 4.69) is 15.6 Å². The topological polar surface area (TPSA) is 158 Å².